The summed E-state index contributed by atoms with van der Waals surface area (Å²) in [6.07, 6.45) is 0. The number of anilines is 2. The van der Waals surface area contributed by atoms with Crippen LogP contribution in [0, 0.1) is 0 Å². The molecule has 0 saturated carbocycles. The molecule has 0 radical (unpaired) electrons. The van der Waals surface area contributed by atoms with E-state index in [0.29, 0.717) is 22.5 Å². The Balaban J connectivity index is 1.53. The first-order chi connectivity index (χ1) is 13.6. The van der Waals surface area contributed by atoms with Gasteiger partial charge in [-0.05, 0) is 41.6 Å². The van der Waals surface area contributed by atoms with Crippen LogP contribution < -0.4 is 4.90 Å². The maximum Gasteiger partial charge on any atom is 0.230 e. The topological polar surface area (TPSA) is 76.8 Å². The Kier molecular flexibility index (Phi) is 5.14. The SMILES string of the molecule is CC(=O)N(c1ccccc1)c1nc(Cn2nnc(-c3ccc(Cl)cc3)n2)cs1. The van der Waals surface area contributed by atoms with Crippen molar-refractivity contribution >= 4 is 39.7 Å². The van der Waals surface area contributed by atoms with Gasteiger partial charge in [0.05, 0.1) is 11.4 Å². The zero-order valence-corrected chi connectivity index (χ0v) is 16.4. The number of hydrogen-bond acceptors (Lipinski definition) is 6. The molecular formula is C19H15ClN6OS. The average Bonchev–Trinajstić information content (AvgIpc) is 3.33. The predicted molar refractivity (Wildman–Crippen MR) is 109 cm³/mol. The normalized spacial score (nSPS) is 10.8. The first-order valence-corrected chi connectivity index (χ1v) is 9.70. The maximum absolute atomic E-state index is 12.1. The summed E-state index contributed by atoms with van der Waals surface area (Å²) in [6, 6.07) is 16.7. The lowest BCUT2D eigenvalue weighted by Crippen LogP contribution is -2.22. The number of tetrazole rings is 1. The van der Waals surface area contributed by atoms with Crippen LogP contribution in [-0.2, 0) is 11.3 Å². The van der Waals surface area contributed by atoms with Crippen LogP contribution in [0.15, 0.2) is 60.0 Å². The van der Waals surface area contributed by atoms with Gasteiger partial charge in [0, 0.05) is 22.9 Å². The minimum atomic E-state index is -0.101. The first kappa shape index (κ1) is 18.3. The molecule has 0 saturated heterocycles. The zero-order valence-electron chi connectivity index (χ0n) is 14.9. The van der Waals surface area contributed by atoms with Crippen molar-refractivity contribution in [2.75, 3.05) is 4.90 Å². The predicted octanol–water partition coefficient (Wildman–Crippen LogP) is 4.18. The Labute approximate surface area is 170 Å². The van der Waals surface area contributed by atoms with Crippen LogP contribution in [0.4, 0.5) is 10.8 Å². The molecule has 0 N–H and O–H groups in total. The van der Waals surface area contributed by atoms with E-state index in [1.165, 1.54) is 23.1 Å². The van der Waals surface area contributed by atoms with E-state index in [1.807, 2.05) is 47.8 Å². The molecule has 2 aromatic heterocycles. The van der Waals surface area contributed by atoms with E-state index in [0.717, 1.165) is 16.9 Å². The van der Waals surface area contributed by atoms with Crippen molar-refractivity contribution in [3.05, 3.63) is 70.7 Å². The highest BCUT2D eigenvalue weighted by Gasteiger charge is 2.18. The number of amides is 1. The molecule has 2 aromatic carbocycles. The van der Waals surface area contributed by atoms with Crippen LogP contribution >= 0.6 is 22.9 Å². The van der Waals surface area contributed by atoms with E-state index < -0.39 is 0 Å². The second kappa shape index (κ2) is 7.87. The highest BCUT2D eigenvalue weighted by molar-refractivity contribution is 7.14. The van der Waals surface area contributed by atoms with E-state index in [1.54, 1.807) is 17.0 Å². The zero-order chi connectivity index (χ0) is 19.5. The molecule has 0 spiro atoms. The summed E-state index contributed by atoms with van der Waals surface area (Å²) in [5.74, 6) is 0.415. The molecule has 0 aliphatic carbocycles. The highest BCUT2D eigenvalue weighted by Crippen LogP contribution is 2.28. The van der Waals surface area contributed by atoms with E-state index in [9.17, 15) is 4.79 Å². The van der Waals surface area contributed by atoms with Crippen LogP contribution in [0.1, 0.15) is 12.6 Å². The van der Waals surface area contributed by atoms with E-state index in [4.69, 9.17) is 11.6 Å². The fourth-order valence-electron chi connectivity index (χ4n) is 2.65. The number of thiazole rings is 1. The van der Waals surface area contributed by atoms with Crippen molar-refractivity contribution in [2.24, 2.45) is 0 Å². The number of halogens is 1. The van der Waals surface area contributed by atoms with Gasteiger partial charge in [-0.15, -0.1) is 21.5 Å². The van der Waals surface area contributed by atoms with Gasteiger partial charge in [-0.25, -0.2) is 4.98 Å². The molecule has 28 heavy (non-hydrogen) atoms. The number of rotatable bonds is 5. The van der Waals surface area contributed by atoms with Crippen LogP contribution in [0.2, 0.25) is 5.02 Å². The molecule has 4 rings (SSSR count). The smallest absolute Gasteiger partial charge is 0.230 e. The molecule has 7 nitrogen and oxygen atoms in total. The number of benzene rings is 2. The summed E-state index contributed by atoms with van der Waals surface area (Å²) in [5.41, 5.74) is 2.36. The van der Waals surface area contributed by atoms with Crippen LogP contribution in [0.3, 0.4) is 0 Å². The summed E-state index contributed by atoms with van der Waals surface area (Å²) in [4.78, 5) is 19.8. The average molecular weight is 411 g/mol. The van der Waals surface area contributed by atoms with Crippen LogP contribution in [0.5, 0.6) is 0 Å². The van der Waals surface area contributed by atoms with Gasteiger partial charge in [0.2, 0.25) is 11.7 Å². The van der Waals surface area contributed by atoms with Crippen LogP contribution in [-0.4, -0.2) is 31.1 Å². The van der Waals surface area contributed by atoms with Crippen molar-refractivity contribution in [1.82, 2.24) is 25.2 Å². The molecule has 2 heterocycles. The van der Waals surface area contributed by atoms with Gasteiger partial charge >= 0.3 is 0 Å². The molecule has 4 aromatic rings. The number of nitrogens with zero attached hydrogens (tertiary/aromatic N) is 6. The minimum absolute atomic E-state index is 0.101. The molecule has 0 aliphatic heterocycles. The summed E-state index contributed by atoms with van der Waals surface area (Å²) >= 11 is 7.30. The second-order valence-electron chi connectivity index (χ2n) is 5.96. The van der Waals surface area contributed by atoms with Gasteiger partial charge < -0.3 is 0 Å². The standard InChI is InChI=1S/C19H15ClN6OS/c1-13(27)26(17-5-3-2-4-6-17)19-21-16(12-28-19)11-25-23-18(22-24-25)14-7-9-15(20)10-8-14/h2-10,12H,11H2,1H3. The monoisotopic (exact) mass is 410 g/mol. The molecule has 140 valence electrons. The van der Waals surface area contributed by atoms with Gasteiger partial charge in [-0.2, -0.15) is 4.80 Å². The summed E-state index contributed by atoms with van der Waals surface area (Å²) in [6.45, 7) is 1.88. The largest absolute Gasteiger partial charge is 0.274 e. The Morgan fingerprint density at radius 2 is 1.89 bits per heavy atom. The quantitative estimate of drug-likeness (QED) is 0.493. The summed E-state index contributed by atoms with van der Waals surface area (Å²) in [7, 11) is 0. The molecule has 9 heteroatoms. The Morgan fingerprint density at radius 3 is 2.61 bits per heavy atom. The van der Waals surface area contributed by atoms with Gasteiger partial charge in [-0.1, -0.05) is 29.8 Å². The lowest BCUT2D eigenvalue weighted by molar-refractivity contribution is -0.115. The van der Waals surface area contributed by atoms with Gasteiger partial charge in [0.1, 0.15) is 6.54 Å². The number of aromatic nitrogens is 5. The first-order valence-electron chi connectivity index (χ1n) is 8.44. The fraction of sp³-hybridized carbons (Fsp3) is 0.105. The molecule has 0 aliphatic rings. The Bertz CT molecular complexity index is 1090. The third-order valence-corrected chi connectivity index (χ3v) is 5.05. The highest BCUT2D eigenvalue weighted by atomic mass is 35.5. The lowest BCUT2D eigenvalue weighted by atomic mass is 10.2. The van der Waals surface area contributed by atoms with Crippen molar-refractivity contribution < 1.29 is 4.79 Å². The van der Waals surface area contributed by atoms with E-state index in [-0.39, 0.29) is 5.91 Å². The third kappa shape index (κ3) is 3.92. The van der Waals surface area contributed by atoms with Crippen molar-refractivity contribution in [1.29, 1.82) is 0 Å². The van der Waals surface area contributed by atoms with E-state index >= 15 is 0 Å². The maximum atomic E-state index is 12.1. The van der Waals surface area contributed by atoms with E-state index in [2.05, 4.69) is 20.4 Å². The van der Waals surface area contributed by atoms with Crippen molar-refractivity contribution in [3.8, 4) is 11.4 Å². The molecule has 0 bridgehead atoms. The molecular weight excluding hydrogens is 396 g/mol. The lowest BCUT2D eigenvalue weighted by Gasteiger charge is -2.17. The number of carbonyl (C=O) groups is 1. The van der Waals surface area contributed by atoms with Crippen molar-refractivity contribution in [2.45, 2.75) is 13.5 Å². The van der Waals surface area contributed by atoms with Gasteiger partial charge in [0.25, 0.3) is 0 Å². The van der Waals surface area contributed by atoms with Crippen molar-refractivity contribution in [3.63, 3.8) is 0 Å². The molecule has 0 unspecified atom stereocenters. The minimum Gasteiger partial charge on any atom is -0.274 e. The molecule has 0 atom stereocenters. The molecule has 1 amide bonds. The summed E-state index contributed by atoms with van der Waals surface area (Å²) in [5, 5.41) is 15.7. The molecule has 0 fully saturated rings. The second-order valence-corrected chi connectivity index (χ2v) is 7.23. The fourth-order valence-corrected chi connectivity index (χ4v) is 3.65. The number of carbonyl (C=O) groups excluding carboxylic acids is 1. The Morgan fingerprint density at radius 1 is 1.14 bits per heavy atom. The number of hydrogen-bond donors (Lipinski definition) is 0. The Hall–Kier alpha value is -3.10. The van der Waals surface area contributed by atoms with Gasteiger partial charge in [-0.3, -0.25) is 9.69 Å². The third-order valence-electron chi connectivity index (χ3n) is 3.92. The summed E-state index contributed by atoms with van der Waals surface area (Å²) < 4.78 is 0. The number of para-hydroxylation sites is 1. The van der Waals surface area contributed by atoms with Crippen LogP contribution in [0.25, 0.3) is 11.4 Å². The van der Waals surface area contributed by atoms with Gasteiger partial charge in [0.15, 0.2) is 5.13 Å².